The number of methoxy groups -OCH3 is 1. The van der Waals surface area contributed by atoms with E-state index in [0.717, 1.165) is 15.6 Å². The van der Waals surface area contributed by atoms with E-state index in [-0.39, 0.29) is 0 Å². The molecule has 3 nitrogen and oxygen atoms in total. The molecule has 0 aliphatic carbocycles. The lowest BCUT2D eigenvalue weighted by Gasteiger charge is -2.11. The van der Waals surface area contributed by atoms with Crippen LogP contribution < -0.4 is 15.2 Å². The summed E-state index contributed by atoms with van der Waals surface area (Å²) >= 11 is 8.48. The van der Waals surface area contributed by atoms with E-state index in [2.05, 4.69) is 15.9 Å². The van der Waals surface area contributed by atoms with Crippen molar-refractivity contribution in [1.29, 1.82) is 0 Å². The van der Waals surface area contributed by atoms with Crippen LogP contribution in [0.2, 0.25) is 0 Å². The molecule has 0 atom stereocenters. The Bertz CT molecular complexity index is 631. The standard InChI is InChI=1S/C15H14BrNO2S/c1-18-12-6-11(15(17)20)7-13(8-12)19-9-10-4-2-3-5-14(10)16/h2-8H,9H2,1H3,(H2,17,20). The van der Waals surface area contributed by atoms with Gasteiger partial charge >= 0.3 is 0 Å². The third-order valence-electron chi connectivity index (χ3n) is 2.75. The van der Waals surface area contributed by atoms with Gasteiger partial charge in [-0.05, 0) is 18.2 Å². The Morgan fingerprint density at radius 2 is 1.90 bits per heavy atom. The molecular formula is C15H14BrNO2S. The monoisotopic (exact) mass is 351 g/mol. The summed E-state index contributed by atoms with van der Waals surface area (Å²) in [6, 6.07) is 13.3. The van der Waals surface area contributed by atoms with Crippen molar-refractivity contribution in [1.82, 2.24) is 0 Å². The Balaban J connectivity index is 2.19. The van der Waals surface area contributed by atoms with Gasteiger partial charge in [0, 0.05) is 21.7 Å². The number of ether oxygens (including phenoxy) is 2. The number of benzene rings is 2. The van der Waals surface area contributed by atoms with Crippen LogP contribution in [0.5, 0.6) is 11.5 Å². The summed E-state index contributed by atoms with van der Waals surface area (Å²) in [5, 5.41) is 0. The van der Waals surface area contributed by atoms with Gasteiger partial charge in [-0.15, -0.1) is 0 Å². The molecule has 0 aliphatic heterocycles. The molecule has 2 aromatic carbocycles. The van der Waals surface area contributed by atoms with Crippen LogP contribution in [-0.4, -0.2) is 12.1 Å². The Kier molecular flexibility index (Phi) is 4.98. The van der Waals surface area contributed by atoms with Crippen molar-refractivity contribution in [3.8, 4) is 11.5 Å². The van der Waals surface area contributed by atoms with E-state index in [1.165, 1.54) is 0 Å². The molecule has 0 heterocycles. The maximum Gasteiger partial charge on any atom is 0.124 e. The van der Waals surface area contributed by atoms with Crippen LogP contribution in [0.3, 0.4) is 0 Å². The Hall–Kier alpha value is -1.59. The minimum absolute atomic E-state index is 0.314. The van der Waals surface area contributed by atoms with Crippen molar-refractivity contribution in [2.45, 2.75) is 6.61 Å². The van der Waals surface area contributed by atoms with Gasteiger partial charge in [-0.25, -0.2) is 0 Å². The minimum atomic E-state index is 0.314. The molecule has 0 radical (unpaired) electrons. The molecule has 104 valence electrons. The van der Waals surface area contributed by atoms with Crippen molar-refractivity contribution in [2.24, 2.45) is 5.73 Å². The lowest BCUT2D eigenvalue weighted by Crippen LogP contribution is -2.09. The molecule has 0 aliphatic rings. The smallest absolute Gasteiger partial charge is 0.124 e. The summed E-state index contributed by atoms with van der Waals surface area (Å²) in [6.07, 6.45) is 0. The highest BCUT2D eigenvalue weighted by Crippen LogP contribution is 2.25. The third kappa shape index (κ3) is 3.71. The van der Waals surface area contributed by atoms with Crippen LogP contribution in [0, 0.1) is 0 Å². The molecule has 2 rings (SSSR count). The normalized spacial score (nSPS) is 10.1. The van der Waals surface area contributed by atoms with Crippen LogP contribution in [0.4, 0.5) is 0 Å². The van der Waals surface area contributed by atoms with Gasteiger partial charge in [-0.1, -0.05) is 46.3 Å². The number of halogens is 1. The lowest BCUT2D eigenvalue weighted by atomic mass is 10.2. The van der Waals surface area contributed by atoms with Crippen LogP contribution >= 0.6 is 28.1 Å². The Labute approximate surface area is 131 Å². The largest absolute Gasteiger partial charge is 0.497 e. The zero-order chi connectivity index (χ0) is 14.5. The summed E-state index contributed by atoms with van der Waals surface area (Å²) in [6.45, 7) is 0.450. The fourth-order valence-electron chi connectivity index (χ4n) is 1.69. The molecule has 20 heavy (non-hydrogen) atoms. The topological polar surface area (TPSA) is 44.5 Å². The summed E-state index contributed by atoms with van der Waals surface area (Å²) in [7, 11) is 1.59. The lowest BCUT2D eigenvalue weighted by molar-refractivity contribution is 0.303. The summed E-state index contributed by atoms with van der Waals surface area (Å²) in [5.74, 6) is 1.33. The first-order valence-electron chi connectivity index (χ1n) is 5.95. The van der Waals surface area contributed by atoms with Crippen LogP contribution in [0.25, 0.3) is 0 Å². The molecular weight excluding hydrogens is 338 g/mol. The molecule has 0 saturated heterocycles. The maximum atomic E-state index is 5.78. The Morgan fingerprint density at radius 3 is 2.55 bits per heavy atom. The van der Waals surface area contributed by atoms with E-state index >= 15 is 0 Å². The van der Waals surface area contributed by atoms with E-state index < -0.39 is 0 Å². The van der Waals surface area contributed by atoms with Gasteiger partial charge in [-0.3, -0.25) is 0 Å². The van der Waals surface area contributed by atoms with Crippen molar-refractivity contribution in [3.63, 3.8) is 0 Å². The highest BCUT2D eigenvalue weighted by molar-refractivity contribution is 9.10. The maximum absolute atomic E-state index is 5.78. The van der Waals surface area contributed by atoms with Gasteiger partial charge in [-0.2, -0.15) is 0 Å². The SMILES string of the molecule is COc1cc(OCc2ccccc2Br)cc(C(N)=S)c1. The van der Waals surface area contributed by atoms with E-state index in [4.69, 9.17) is 27.4 Å². The third-order valence-corrected chi connectivity index (χ3v) is 3.76. The first-order chi connectivity index (χ1) is 9.60. The zero-order valence-electron chi connectivity index (χ0n) is 10.9. The van der Waals surface area contributed by atoms with Gasteiger partial charge in [0.2, 0.25) is 0 Å². The number of thiocarbonyl (C=S) groups is 1. The van der Waals surface area contributed by atoms with E-state index in [0.29, 0.717) is 23.1 Å². The van der Waals surface area contributed by atoms with Crippen LogP contribution in [0.1, 0.15) is 11.1 Å². The molecule has 5 heteroatoms. The van der Waals surface area contributed by atoms with Crippen LogP contribution in [0.15, 0.2) is 46.9 Å². The second-order valence-electron chi connectivity index (χ2n) is 4.14. The average Bonchev–Trinajstić information content (AvgIpc) is 2.46. The number of hydrogen-bond donors (Lipinski definition) is 1. The number of rotatable bonds is 5. The van der Waals surface area contributed by atoms with E-state index in [1.807, 2.05) is 30.3 Å². The van der Waals surface area contributed by atoms with Gasteiger partial charge in [0.05, 0.1) is 7.11 Å². The molecule has 0 saturated carbocycles. The van der Waals surface area contributed by atoms with E-state index in [9.17, 15) is 0 Å². The number of nitrogens with two attached hydrogens (primary N) is 1. The second-order valence-corrected chi connectivity index (χ2v) is 5.44. The average molecular weight is 352 g/mol. The van der Waals surface area contributed by atoms with Gasteiger partial charge < -0.3 is 15.2 Å². The first-order valence-corrected chi connectivity index (χ1v) is 7.15. The van der Waals surface area contributed by atoms with Crippen molar-refractivity contribution in [2.75, 3.05) is 7.11 Å². The predicted octanol–water partition coefficient (Wildman–Crippen LogP) is 3.67. The van der Waals surface area contributed by atoms with Crippen LogP contribution in [-0.2, 0) is 6.61 Å². The molecule has 0 unspecified atom stereocenters. The van der Waals surface area contributed by atoms with Gasteiger partial charge in [0.1, 0.15) is 23.1 Å². The molecule has 2 N–H and O–H groups in total. The Morgan fingerprint density at radius 1 is 1.20 bits per heavy atom. The summed E-state index contributed by atoms with van der Waals surface area (Å²) in [4.78, 5) is 0.314. The molecule has 0 spiro atoms. The predicted molar refractivity (Wildman–Crippen MR) is 87.4 cm³/mol. The first kappa shape index (κ1) is 14.8. The quantitative estimate of drug-likeness (QED) is 0.834. The fourth-order valence-corrected chi connectivity index (χ4v) is 2.21. The zero-order valence-corrected chi connectivity index (χ0v) is 13.3. The minimum Gasteiger partial charge on any atom is -0.497 e. The van der Waals surface area contributed by atoms with Crippen molar-refractivity contribution < 1.29 is 9.47 Å². The van der Waals surface area contributed by atoms with Crippen molar-refractivity contribution in [3.05, 3.63) is 58.1 Å². The molecule has 0 bridgehead atoms. The highest BCUT2D eigenvalue weighted by atomic mass is 79.9. The molecule has 0 amide bonds. The summed E-state index contributed by atoms with van der Waals surface area (Å²) in [5.41, 5.74) is 7.44. The molecule has 0 fully saturated rings. The summed E-state index contributed by atoms with van der Waals surface area (Å²) < 4.78 is 12.0. The van der Waals surface area contributed by atoms with Crippen molar-refractivity contribution >= 4 is 33.1 Å². The molecule has 2 aromatic rings. The number of hydrogen-bond acceptors (Lipinski definition) is 3. The van der Waals surface area contributed by atoms with Gasteiger partial charge in [0.15, 0.2) is 0 Å². The fraction of sp³-hybridized carbons (Fsp3) is 0.133. The highest BCUT2D eigenvalue weighted by Gasteiger charge is 2.06. The second kappa shape index (κ2) is 6.72. The van der Waals surface area contributed by atoms with Gasteiger partial charge in [0.25, 0.3) is 0 Å². The van der Waals surface area contributed by atoms with E-state index in [1.54, 1.807) is 19.2 Å². The molecule has 0 aromatic heterocycles.